The van der Waals surface area contributed by atoms with E-state index in [1.165, 1.54) is 12.8 Å². The Morgan fingerprint density at radius 3 is 2.33 bits per heavy atom. The molecule has 2 fully saturated rings. The van der Waals surface area contributed by atoms with Crippen LogP contribution in [0.25, 0.3) is 0 Å². The average molecular weight is 384 g/mol. The molecule has 0 spiro atoms. The monoisotopic (exact) mass is 383 g/mol. The van der Waals surface area contributed by atoms with Gasteiger partial charge in [-0.1, -0.05) is 11.6 Å². The van der Waals surface area contributed by atoms with E-state index in [1.54, 1.807) is 12.3 Å². The third kappa shape index (κ3) is 3.76. The lowest BCUT2D eigenvalue weighted by atomic mass is 10.2. The molecule has 0 radical (unpaired) electrons. The minimum absolute atomic E-state index is 0.477. The van der Waals surface area contributed by atoms with Crippen molar-refractivity contribution < 1.29 is 0 Å². The fourth-order valence-corrected chi connectivity index (χ4v) is 3.91. The Hall–Kier alpha value is -2.59. The number of aromatic nitrogens is 3. The smallest absolute Gasteiger partial charge is 0.227 e. The van der Waals surface area contributed by atoms with E-state index in [9.17, 15) is 0 Å². The summed E-state index contributed by atoms with van der Waals surface area (Å²) in [7, 11) is 0. The number of piperazine rings is 1. The van der Waals surface area contributed by atoms with Gasteiger partial charge >= 0.3 is 0 Å². The molecule has 0 aromatic carbocycles. The van der Waals surface area contributed by atoms with E-state index in [1.807, 2.05) is 6.92 Å². The van der Waals surface area contributed by atoms with Gasteiger partial charge in [0.15, 0.2) is 0 Å². The molecular formula is C19H22ClN7. The predicted octanol–water partition coefficient (Wildman–Crippen LogP) is 2.63. The van der Waals surface area contributed by atoms with Crippen LogP contribution in [0, 0.1) is 18.3 Å². The summed E-state index contributed by atoms with van der Waals surface area (Å²) in [5, 5.41) is 9.48. The van der Waals surface area contributed by atoms with Gasteiger partial charge in [-0.25, -0.2) is 9.97 Å². The predicted molar refractivity (Wildman–Crippen MR) is 107 cm³/mol. The van der Waals surface area contributed by atoms with Gasteiger partial charge in [-0.2, -0.15) is 10.2 Å². The van der Waals surface area contributed by atoms with Crippen LogP contribution in [-0.4, -0.2) is 54.2 Å². The zero-order chi connectivity index (χ0) is 18.8. The number of hydrogen-bond acceptors (Lipinski definition) is 7. The zero-order valence-electron chi connectivity index (χ0n) is 15.4. The van der Waals surface area contributed by atoms with Crippen LogP contribution in [0.4, 0.5) is 17.6 Å². The molecule has 2 aliphatic rings. The number of hydrogen-bond donors (Lipinski definition) is 0. The summed E-state index contributed by atoms with van der Waals surface area (Å²) in [5.41, 5.74) is 1.48. The molecule has 0 aliphatic carbocycles. The van der Waals surface area contributed by atoms with Crippen molar-refractivity contribution in [2.75, 3.05) is 54.0 Å². The SMILES string of the molecule is Cc1cc(N2CCCC2)nc(N2CCN(c3ncc(C#N)cc3Cl)CC2)n1. The van der Waals surface area contributed by atoms with Crippen LogP contribution in [0.2, 0.25) is 5.02 Å². The molecule has 2 saturated heterocycles. The third-order valence-electron chi connectivity index (χ3n) is 5.07. The highest BCUT2D eigenvalue weighted by Crippen LogP contribution is 2.26. The Morgan fingerprint density at radius 2 is 1.67 bits per heavy atom. The Morgan fingerprint density at radius 1 is 0.963 bits per heavy atom. The maximum atomic E-state index is 8.96. The second kappa shape index (κ2) is 7.57. The van der Waals surface area contributed by atoms with Crippen molar-refractivity contribution in [3.05, 3.63) is 34.6 Å². The Labute approximate surface area is 164 Å². The average Bonchev–Trinajstić information content (AvgIpc) is 3.22. The molecule has 0 bridgehead atoms. The normalized spacial score (nSPS) is 17.3. The first-order valence-electron chi connectivity index (χ1n) is 9.30. The molecule has 2 aromatic heterocycles. The van der Waals surface area contributed by atoms with Gasteiger partial charge in [0.2, 0.25) is 5.95 Å². The molecule has 7 nitrogen and oxygen atoms in total. The highest BCUT2D eigenvalue weighted by Gasteiger charge is 2.23. The zero-order valence-corrected chi connectivity index (χ0v) is 16.2. The van der Waals surface area contributed by atoms with Gasteiger partial charge in [0.25, 0.3) is 0 Å². The Balaban J connectivity index is 1.47. The van der Waals surface area contributed by atoms with Gasteiger partial charge in [0, 0.05) is 57.2 Å². The van der Waals surface area contributed by atoms with Crippen molar-refractivity contribution in [2.24, 2.45) is 0 Å². The van der Waals surface area contributed by atoms with Crippen LogP contribution in [0.3, 0.4) is 0 Å². The number of aryl methyl sites for hydroxylation is 1. The molecule has 140 valence electrons. The molecule has 4 rings (SSSR count). The van der Waals surface area contributed by atoms with Crippen LogP contribution in [0.5, 0.6) is 0 Å². The quantitative estimate of drug-likeness (QED) is 0.806. The first-order chi connectivity index (χ1) is 13.1. The van der Waals surface area contributed by atoms with Crippen LogP contribution in [-0.2, 0) is 0 Å². The minimum Gasteiger partial charge on any atom is -0.356 e. The number of anilines is 3. The molecule has 0 atom stereocenters. The summed E-state index contributed by atoms with van der Waals surface area (Å²) in [6.45, 7) is 7.37. The lowest BCUT2D eigenvalue weighted by Gasteiger charge is -2.36. The van der Waals surface area contributed by atoms with Crippen LogP contribution < -0.4 is 14.7 Å². The molecule has 27 heavy (non-hydrogen) atoms. The molecule has 0 unspecified atom stereocenters. The van der Waals surface area contributed by atoms with Crippen molar-refractivity contribution in [2.45, 2.75) is 19.8 Å². The van der Waals surface area contributed by atoms with Crippen molar-refractivity contribution in [1.82, 2.24) is 15.0 Å². The molecule has 0 saturated carbocycles. The minimum atomic E-state index is 0.477. The fraction of sp³-hybridized carbons (Fsp3) is 0.474. The van der Waals surface area contributed by atoms with Gasteiger partial charge in [0.05, 0.1) is 10.6 Å². The number of nitriles is 1. The molecule has 8 heteroatoms. The van der Waals surface area contributed by atoms with Crippen molar-refractivity contribution in [3.63, 3.8) is 0 Å². The van der Waals surface area contributed by atoms with Gasteiger partial charge < -0.3 is 14.7 Å². The molecule has 2 aliphatic heterocycles. The van der Waals surface area contributed by atoms with Gasteiger partial charge in [0.1, 0.15) is 17.7 Å². The van der Waals surface area contributed by atoms with E-state index in [2.05, 4.69) is 36.8 Å². The molecule has 4 heterocycles. The Bertz CT molecular complexity index is 865. The second-order valence-corrected chi connectivity index (χ2v) is 7.38. The summed E-state index contributed by atoms with van der Waals surface area (Å²) in [6.07, 6.45) is 4.03. The van der Waals surface area contributed by atoms with Crippen LogP contribution in [0.1, 0.15) is 24.1 Å². The molecule has 2 aromatic rings. The van der Waals surface area contributed by atoms with Crippen molar-refractivity contribution in [3.8, 4) is 6.07 Å². The maximum absolute atomic E-state index is 8.96. The van der Waals surface area contributed by atoms with Crippen LogP contribution >= 0.6 is 11.6 Å². The van der Waals surface area contributed by atoms with E-state index < -0.39 is 0 Å². The summed E-state index contributed by atoms with van der Waals surface area (Å²) < 4.78 is 0. The van der Waals surface area contributed by atoms with Crippen molar-refractivity contribution in [1.29, 1.82) is 5.26 Å². The largest absolute Gasteiger partial charge is 0.356 e. The van der Waals surface area contributed by atoms with Crippen LogP contribution in [0.15, 0.2) is 18.3 Å². The number of nitrogens with zero attached hydrogens (tertiary/aromatic N) is 7. The van der Waals surface area contributed by atoms with E-state index in [0.717, 1.165) is 62.5 Å². The van der Waals surface area contributed by atoms with E-state index in [-0.39, 0.29) is 0 Å². The third-order valence-corrected chi connectivity index (χ3v) is 5.35. The van der Waals surface area contributed by atoms with Crippen molar-refractivity contribution >= 4 is 29.2 Å². The van der Waals surface area contributed by atoms with Gasteiger partial charge in [-0.05, 0) is 25.8 Å². The highest BCUT2D eigenvalue weighted by molar-refractivity contribution is 6.33. The molecule has 0 amide bonds. The lowest BCUT2D eigenvalue weighted by molar-refractivity contribution is 0.633. The number of halogens is 1. The maximum Gasteiger partial charge on any atom is 0.227 e. The van der Waals surface area contributed by atoms with E-state index in [4.69, 9.17) is 21.8 Å². The Kier molecular flexibility index (Phi) is 4.99. The lowest BCUT2D eigenvalue weighted by Crippen LogP contribution is -2.47. The summed E-state index contributed by atoms with van der Waals surface area (Å²) in [5.74, 6) is 2.57. The number of pyridine rings is 1. The van der Waals surface area contributed by atoms with E-state index >= 15 is 0 Å². The van der Waals surface area contributed by atoms with Gasteiger partial charge in [-0.3, -0.25) is 0 Å². The van der Waals surface area contributed by atoms with E-state index in [0.29, 0.717) is 10.6 Å². The second-order valence-electron chi connectivity index (χ2n) is 6.98. The summed E-state index contributed by atoms with van der Waals surface area (Å²) in [6, 6.07) is 5.81. The summed E-state index contributed by atoms with van der Waals surface area (Å²) in [4.78, 5) is 20.6. The molecule has 0 N–H and O–H groups in total. The topological polar surface area (TPSA) is 72.2 Å². The highest BCUT2D eigenvalue weighted by atomic mass is 35.5. The standard InChI is InChI=1S/C19H22ClN7/c1-14-10-17(25-4-2-3-5-25)24-19(23-14)27-8-6-26(7-9-27)18-16(20)11-15(12-21)13-22-18/h10-11,13H,2-9H2,1H3. The number of rotatable bonds is 3. The summed E-state index contributed by atoms with van der Waals surface area (Å²) >= 11 is 6.31. The molecular weight excluding hydrogens is 362 g/mol. The fourth-order valence-electron chi connectivity index (χ4n) is 3.63. The van der Waals surface area contributed by atoms with Gasteiger partial charge in [-0.15, -0.1) is 0 Å². The first kappa shape index (κ1) is 17.8. The first-order valence-corrected chi connectivity index (χ1v) is 9.68.